The second-order valence-corrected chi connectivity index (χ2v) is 3.02. The lowest BCUT2D eigenvalue weighted by atomic mass is 10.1. The van der Waals surface area contributed by atoms with Gasteiger partial charge in [-0.25, -0.2) is 4.39 Å². The number of aliphatic hydroxyl groups excluding tert-OH is 1. The number of ether oxygens (including phenoxy) is 1. The molecule has 0 saturated heterocycles. The van der Waals surface area contributed by atoms with Gasteiger partial charge in [-0.1, -0.05) is 11.2 Å². The van der Waals surface area contributed by atoms with Crippen LogP contribution >= 0.6 is 0 Å². The second kappa shape index (κ2) is 5.92. The fourth-order valence-corrected chi connectivity index (χ4v) is 1.17. The molecule has 0 saturated carbocycles. The van der Waals surface area contributed by atoms with E-state index in [-0.39, 0.29) is 30.4 Å². The Hall–Kier alpha value is -1.82. The van der Waals surface area contributed by atoms with Crippen LogP contribution in [-0.4, -0.2) is 29.4 Å². The van der Waals surface area contributed by atoms with Gasteiger partial charge < -0.3 is 20.8 Å². The highest BCUT2D eigenvalue weighted by molar-refractivity contribution is 5.99. The largest absolute Gasteiger partial charge is 0.493 e. The van der Waals surface area contributed by atoms with E-state index >= 15 is 0 Å². The smallest absolute Gasteiger partial charge is 0.176 e. The van der Waals surface area contributed by atoms with Crippen LogP contribution in [0.4, 0.5) is 4.39 Å². The van der Waals surface area contributed by atoms with Crippen molar-refractivity contribution in [3.05, 3.63) is 29.6 Å². The van der Waals surface area contributed by atoms with Crippen LogP contribution in [-0.2, 0) is 0 Å². The maximum atomic E-state index is 13.4. The highest BCUT2D eigenvalue weighted by Gasteiger charge is 2.13. The minimum atomic E-state index is -0.628. The predicted octanol–water partition coefficient (Wildman–Crippen LogP) is 0.681. The molecule has 0 aliphatic carbocycles. The number of nitrogens with zero attached hydrogens (tertiary/aromatic N) is 1. The molecule has 0 bridgehead atoms. The van der Waals surface area contributed by atoms with Gasteiger partial charge in [-0.3, -0.25) is 0 Å². The third-order valence-electron chi connectivity index (χ3n) is 1.90. The van der Waals surface area contributed by atoms with Crippen LogP contribution in [0.2, 0.25) is 0 Å². The number of rotatable bonds is 5. The molecule has 0 heterocycles. The predicted molar refractivity (Wildman–Crippen MR) is 56.1 cm³/mol. The Morgan fingerprint density at radius 3 is 2.88 bits per heavy atom. The molecular weight excluding hydrogens is 215 g/mol. The zero-order valence-corrected chi connectivity index (χ0v) is 8.56. The fourth-order valence-electron chi connectivity index (χ4n) is 1.17. The Morgan fingerprint density at radius 2 is 2.25 bits per heavy atom. The molecule has 1 aromatic rings. The van der Waals surface area contributed by atoms with Crippen LogP contribution in [0.1, 0.15) is 12.0 Å². The van der Waals surface area contributed by atoms with Crippen molar-refractivity contribution in [1.82, 2.24) is 0 Å². The summed E-state index contributed by atoms with van der Waals surface area (Å²) in [7, 11) is 0. The lowest BCUT2D eigenvalue weighted by molar-refractivity contribution is 0.233. The maximum absolute atomic E-state index is 13.4. The van der Waals surface area contributed by atoms with Crippen molar-refractivity contribution in [3.8, 4) is 5.75 Å². The molecule has 0 spiro atoms. The first-order valence-electron chi connectivity index (χ1n) is 4.70. The molecule has 0 atom stereocenters. The van der Waals surface area contributed by atoms with Crippen molar-refractivity contribution in [2.75, 3.05) is 13.2 Å². The van der Waals surface area contributed by atoms with Gasteiger partial charge in [-0.2, -0.15) is 0 Å². The van der Waals surface area contributed by atoms with Crippen molar-refractivity contribution >= 4 is 5.84 Å². The molecule has 88 valence electrons. The Morgan fingerprint density at radius 1 is 1.50 bits per heavy atom. The molecule has 4 N–H and O–H groups in total. The summed E-state index contributed by atoms with van der Waals surface area (Å²) >= 11 is 0. The van der Waals surface area contributed by atoms with Crippen LogP contribution < -0.4 is 10.5 Å². The first-order chi connectivity index (χ1) is 7.70. The number of oxime groups is 1. The Bertz CT molecular complexity index is 382. The summed E-state index contributed by atoms with van der Waals surface area (Å²) in [6, 6.07) is 4.15. The summed E-state index contributed by atoms with van der Waals surface area (Å²) < 4.78 is 18.6. The van der Waals surface area contributed by atoms with E-state index in [0.717, 1.165) is 0 Å². The summed E-state index contributed by atoms with van der Waals surface area (Å²) in [6.45, 7) is 0.208. The molecule has 0 aliphatic heterocycles. The van der Waals surface area contributed by atoms with Gasteiger partial charge in [0.15, 0.2) is 5.84 Å². The quantitative estimate of drug-likeness (QED) is 0.227. The highest BCUT2D eigenvalue weighted by atomic mass is 19.1. The third kappa shape index (κ3) is 2.83. The summed E-state index contributed by atoms with van der Waals surface area (Å²) in [4.78, 5) is 0. The van der Waals surface area contributed by atoms with Gasteiger partial charge in [0.25, 0.3) is 0 Å². The Labute approximate surface area is 91.9 Å². The Kier molecular flexibility index (Phi) is 4.53. The zero-order chi connectivity index (χ0) is 12.0. The zero-order valence-electron chi connectivity index (χ0n) is 8.56. The number of hydrogen-bond donors (Lipinski definition) is 3. The molecule has 16 heavy (non-hydrogen) atoms. The average molecular weight is 228 g/mol. The molecule has 0 fully saturated rings. The number of halogens is 1. The topological polar surface area (TPSA) is 88.1 Å². The van der Waals surface area contributed by atoms with Crippen LogP contribution in [0, 0.1) is 5.82 Å². The minimum absolute atomic E-state index is 0.0196. The van der Waals surface area contributed by atoms with Gasteiger partial charge in [0.2, 0.25) is 0 Å². The fraction of sp³-hybridized carbons (Fsp3) is 0.300. The van der Waals surface area contributed by atoms with Gasteiger partial charge in [0.05, 0.1) is 12.2 Å². The number of amidine groups is 1. The van der Waals surface area contributed by atoms with Crippen LogP contribution in [0.15, 0.2) is 23.4 Å². The molecule has 0 amide bonds. The molecule has 5 nitrogen and oxygen atoms in total. The van der Waals surface area contributed by atoms with E-state index in [1.54, 1.807) is 0 Å². The lowest BCUT2D eigenvalue weighted by Gasteiger charge is -2.10. The SMILES string of the molecule is NC(=NO)c1c(F)cccc1OCCCO. The van der Waals surface area contributed by atoms with E-state index in [2.05, 4.69) is 5.16 Å². The molecule has 0 unspecified atom stereocenters. The van der Waals surface area contributed by atoms with E-state index in [1.165, 1.54) is 18.2 Å². The lowest BCUT2D eigenvalue weighted by Crippen LogP contribution is -2.17. The van der Waals surface area contributed by atoms with Crippen molar-refractivity contribution in [2.24, 2.45) is 10.9 Å². The van der Waals surface area contributed by atoms with Crippen molar-refractivity contribution < 1.29 is 19.4 Å². The number of aliphatic hydroxyl groups is 1. The van der Waals surface area contributed by atoms with Gasteiger partial charge >= 0.3 is 0 Å². The number of hydrogen-bond acceptors (Lipinski definition) is 4. The first kappa shape index (κ1) is 12.3. The van der Waals surface area contributed by atoms with Crippen molar-refractivity contribution in [1.29, 1.82) is 0 Å². The van der Waals surface area contributed by atoms with E-state index < -0.39 is 5.82 Å². The van der Waals surface area contributed by atoms with Gasteiger partial charge in [0.1, 0.15) is 11.6 Å². The summed E-state index contributed by atoms with van der Waals surface area (Å²) in [6.07, 6.45) is 0.423. The normalized spacial score (nSPS) is 11.5. The third-order valence-corrected chi connectivity index (χ3v) is 1.90. The molecule has 6 heteroatoms. The van der Waals surface area contributed by atoms with Crippen LogP contribution in [0.25, 0.3) is 0 Å². The first-order valence-corrected chi connectivity index (χ1v) is 4.70. The molecular formula is C10H13FN2O3. The number of nitrogens with two attached hydrogens (primary N) is 1. The molecule has 1 rings (SSSR count). The standard InChI is InChI=1S/C10H13FN2O3/c11-7-3-1-4-8(16-6-2-5-14)9(7)10(12)13-15/h1,3-4,14-15H,2,5-6H2,(H2,12,13). The van der Waals surface area contributed by atoms with E-state index in [9.17, 15) is 4.39 Å². The molecule has 1 aromatic carbocycles. The van der Waals surface area contributed by atoms with E-state index in [4.69, 9.17) is 20.8 Å². The monoisotopic (exact) mass is 228 g/mol. The van der Waals surface area contributed by atoms with Crippen LogP contribution in [0.3, 0.4) is 0 Å². The maximum Gasteiger partial charge on any atom is 0.176 e. The van der Waals surface area contributed by atoms with Gasteiger partial charge in [-0.15, -0.1) is 0 Å². The molecule has 0 aromatic heterocycles. The summed E-state index contributed by atoms with van der Waals surface area (Å²) in [5.41, 5.74) is 5.25. The minimum Gasteiger partial charge on any atom is -0.493 e. The molecule has 0 radical (unpaired) electrons. The Balaban J connectivity index is 2.94. The molecule has 0 aliphatic rings. The van der Waals surface area contributed by atoms with E-state index in [0.29, 0.717) is 6.42 Å². The summed E-state index contributed by atoms with van der Waals surface area (Å²) in [5.74, 6) is -0.794. The van der Waals surface area contributed by atoms with Gasteiger partial charge in [0, 0.05) is 13.0 Å². The summed E-state index contributed by atoms with van der Waals surface area (Å²) in [5, 5.41) is 19.8. The van der Waals surface area contributed by atoms with Crippen LogP contribution in [0.5, 0.6) is 5.75 Å². The van der Waals surface area contributed by atoms with Gasteiger partial charge in [-0.05, 0) is 12.1 Å². The second-order valence-electron chi connectivity index (χ2n) is 3.02. The van der Waals surface area contributed by atoms with Crippen molar-refractivity contribution in [2.45, 2.75) is 6.42 Å². The number of benzene rings is 1. The average Bonchev–Trinajstić information content (AvgIpc) is 2.29. The van der Waals surface area contributed by atoms with E-state index in [1.807, 2.05) is 0 Å². The highest BCUT2D eigenvalue weighted by Crippen LogP contribution is 2.21. The van der Waals surface area contributed by atoms with Crippen molar-refractivity contribution in [3.63, 3.8) is 0 Å².